The van der Waals surface area contributed by atoms with Crippen molar-refractivity contribution >= 4 is 12.4 Å². The molecule has 0 aliphatic heterocycles. The molecule has 1 aromatic heterocycles. The molecule has 0 bridgehead atoms. The fraction of sp³-hybridized carbons (Fsp3) is 0.400. The highest BCUT2D eigenvalue weighted by atomic mass is 16.1. The van der Waals surface area contributed by atoms with E-state index in [2.05, 4.69) is 18.9 Å². The topological polar surface area (TPSA) is 34.9 Å². The maximum absolute atomic E-state index is 10.4. The molecule has 0 aromatic carbocycles. The highest BCUT2D eigenvalue weighted by Gasteiger charge is 1.99. The van der Waals surface area contributed by atoms with Crippen molar-refractivity contribution in [2.75, 3.05) is 0 Å². The predicted molar refractivity (Wildman–Crippen MR) is 52.3 cm³/mol. The minimum absolute atomic E-state index is 0.360. The summed E-state index contributed by atoms with van der Waals surface area (Å²) in [6.07, 6.45) is 6.34. The minimum atomic E-state index is 0.360. The van der Waals surface area contributed by atoms with Crippen LogP contribution in [0.3, 0.4) is 0 Å². The average molecular weight is 178 g/mol. The Hall–Kier alpha value is -1.38. The quantitative estimate of drug-likeness (QED) is 0.524. The van der Waals surface area contributed by atoms with Crippen LogP contribution < -0.4 is 0 Å². The van der Waals surface area contributed by atoms with Gasteiger partial charge in [0, 0.05) is 17.8 Å². The monoisotopic (exact) mass is 178 g/mol. The van der Waals surface area contributed by atoms with Crippen LogP contribution in [0.5, 0.6) is 0 Å². The first kappa shape index (κ1) is 9.71. The van der Waals surface area contributed by atoms with Gasteiger partial charge >= 0.3 is 0 Å². The van der Waals surface area contributed by atoms with Crippen molar-refractivity contribution in [1.82, 2.24) is 9.78 Å². The fourth-order valence-corrected chi connectivity index (χ4v) is 1.01. The van der Waals surface area contributed by atoms with Crippen LogP contribution in [0.1, 0.15) is 32.4 Å². The molecule has 0 atom stereocenters. The number of aldehydes is 1. The Morgan fingerprint density at radius 1 is 1.62 bits per heavy atom. The summed E-state index contributed by atoms with van der Waals surface area (Å²) in [4.78, 5) is 10.4. The van der Waals surface area contributed by atoms with Gasteiger partial charge in [0.15, 0.2) is 0 Å². The first-order valence-electron chi connectivity index (χ1n) is 4.31. The van der Waals surface area contributed by atoms with Gasteiger partial charge in [-0.15, -0.1) is 0 Å². The molecule has 13 heavy (non-hydrogen) atoms. The van der Waals surface area contributed by atoms with Gasteiger partial charge in [-0.25, -0.2) is 0 Å². The van der Waals surface area contributed by atoms with Gasteiger partial charge in [-0.05, 0) is 32.4 Å². The summed E-state index contributed by atoms with van der Waals surface area (Å²) >= 11 is 0. The molecule has 70 valence electrons. The second-order valence-electron chi connectivity index (χ2n) is 3.35. The van der Waals surface area contributed by atoms with Crippen LogP contribution in [0, 0.1) is 0 Å². The van der Waals surface area contributed by atoms with E-state index in [0.717, 1.165) is 11.8 Å². The molecular weight excluding hydrogens is 164 g/mol. The summed E-state index contributed by atoms with van der Waals surface area (Å²) in [5.74, 6) is 0. The second-order valence-corrected chi connectivity index (χ2v) is 3.35. The van der Waals surface area contributed by atoms with Gasteiger partial charge in [0.05, 0.1) is 6.20 Å². The highest BCUT2D eigenvalue weighted by Crippen LogP contribution is 2.08. The number of rotatable bonds is 3. The lowest BCUT2D eigenvalue weighted by atomic mass is 10.2. The van der Waals surface area contributed by atoms with Gasteiger partial charge in [-0.2, -0.15) is 5.10 Å². The number of aromatic nitrogens is 2. The largest absolute Gasteiger partial charge is 0.298 e. The second kappa shape index (κ2) is 4.03. The summed E-state index contributed by atoms with van der Waals surface area (Å²) in [6, 6.07) is 0.360. The SMILES string of the molecule is C/C(C=O)=C/c1cnn(C(C)C)c1. The molecule has 3 nitrogen and oxygen atoms in total. The molecule has 0 aliphatic rings. The van der Waals surface area contributed by atoms with E-state index in [-0.39, 0.29) is 0 Å². The Balaban J connectivity index is 2.86. The number of carbonyl (C=O) groups excluding carboxylic acids is 1. The highest BCUT2D eigenvalue weighted by molar-refractivity contribution is 5.80. The third kappa shape index (κ3) is 2.54. The van der Waals surface area contributed by atoms with Crippen molar-refractivity contribution in [3.8, 4) is 0 Å². The van der Waals surface area contributed by atoms with Crippen molar-refractivity contribution < 1.29 is 4.79 Å². The van der Waals surface area contributed by atoms with Crippen molar-refractivity contribution in [3.63, 3.8) is 0 Å². The molecule has 0 saturated heterocycles. The fourth-order valence-electron chi connectivity index (χ4n) is 1.01. The molecule has 0 spiro atoms. The number of hydrogen-bond acceptors (Lipinski definition) is 2. The Kier molecular flexibility index (Phi) is 3.01. The van der Waals surface area contributed by atoms with Crippen LogP contribution >= 0.6 is 0 Å². The number of hydrogen-bond donors (Lipinski definition) is 0. The first-order chi connectivity index (χ1) is 6.13. The smallest absolute Gasteiger partial charge is 0.145 e. The molecule has 1 aromatic rings. The van der Waals surface area contributed by atoms with Gasteiger partial charge in [0.2, 0.25) is 0 Å². The zero-order valence-corrected chi connectivity index (χ0v) is 8.19. The van der Waals surface area contributed by atoms with Crippen LogP contribution in [0.25, 0.3) is 6.08 Å². The predicted octanol–water partition coefficient (Wildman–Crippen LogP) is 2.07. The molecule has 3 heteroatoms. The average Bonchev–Trinajstić information content (AvgIpc) is 2.52. The lowest BCUT2D eigenvalue weighted by molar-refractivity contribution is -0.104. The van der Waals surface area contributed by atoms with Crippen LogP contribution in [-0.2, 0) is 4.79 Å². The van der Waals surface area contributed by atoms with Crippen LogP contribution in [0.2, 0.25) is 0 Å². The molecule has 0 saturated carbocycles. The maximum atomic E-state index is 10.4. The lowest BCUT2D eigenvalue weighted by Gasteiger charge is -2.02. The van der Waals surface area contributed by atoms with Crippen molar-refractivity contribution in [3.05, 3.63) is 23.5 Å². The van der Waals surface area contributed by atoms with Crippen LogP contribution in [-0.4, -0.2) is 16.1 Å². The van der Waals surface area contributed by atoms with Crippen molar-refractivity contribution in [2.24, 2.45) is 0 Å². The molecule has 0 aliphatic carbocycles. The standard InChI is InChI=1S/C10H14N2O/c1-8(2)12-6-10(5-11-12)4-9(3)7-13/h4-8H,1-3H3/b9-4-. The van der Waals surface area contributed by atoms with E-state index in [9.17, 15) is 4.79 Å². The number of carbonyl (C=O) groups is 1. The molecular formula is C10H14N2O. The zero-order valence-electron chi connectivity index (χ0n) is 8.19. The van der Waals surface area contributed by atoms with Crippen molar-refractivity contribution in [2.45, 2.75) is 26.8 Å². The minimum Gasteiger partial charge on any atom is -0.298 e. The molecule has 0 fully saturated rings. The normalized spacial score (nSPS) is 12.2. The zero-order chi connectivity index (χ0) is 9.84. The van der Waals surface area contributed by atoms with Crippen LogP contribution in [0.15, 0.2) is 18.0 Å². The van der Waals surface area contributed by atoms with Gasteiger partial charge in [-0.3, -0.25) is 9.48 Å². The summed E-state index contributed by atoms with van der Waals surface area (Å²) in [5.41, 5.74) is 1.68. The van der Waals surface area contributed by atoms with Crippen LogP contribution in [0.4, 0.5) is 0 Å². The molecule has 0 unspecified atom stereocenters. The molecule has 0 amide bonds. The summed E-state index contributed by atoms with van der Waals surface area (Å²) in [6.45, 7) is 5.90. The number of nitrogens with zero attached hydrogens (tertiary/aromatic N) is 2. The molecule has 1 rings (SSSR count). The van der Waals surface area contributed by atoms with Gasteiger partial charge < -0.3 is 0 Å². The third-order valence-electron chi connectivity index (χ3n) is 1.73. The molecule has 0 radical (unpaired) electrons. The molecule has 1 heterocycles. The molecule has 0 N–H and O–H groups in total. The van der Waals surface area contributed by atoms with Crippen molar-refractivity contribution in [1.29, 1.82) is 0 Å². The van der Waals surface area contributed by atoms with E-state index >= 15 is 0 Å². The van der Waals surface area contributed by atoms with E-state index in [0.29, 0.717) is 11.6 Å². The summed E-state index contributed by atoms with van der Waals surface area (Å²) in [5, 5.41) is 4.16. The van der Waals surface area contributed by atoms with E-state index in [1.165, 1.54) is 0 Å². The van der Waals surface area contributed by atoms with E-state index < -0.39 is 0 Å². The Morgan fingerprint density at radius 2 is 2.31 bits per heavy atom. The Morgan fingerprint density at radius 3 is 2.77 bits per heavy atom. The maximum Gasteiger partial charge on any atom is 0.145 e. The Labute approximate surface area is 78.1 Å². The summed E-state index contributed by atoms with van der Waals surface area (Å²) in [7, 11) is 0. The van der Waals surface area contributed by atoms with Gasteiger partial charge in [-0.1, -0.05) is 0 Å². The van der Waals surface area contributed by atoms with E-state index in [4.69, 9.17) is 0 Å². The third-order valence-corrected chi connectivity index (χ3v) is 1.73. The first-order valence-corrected chi connectivity index (χ1v) is 4.31. The van der Waals surface area contributed by atoms with Gasteiger partial charge in [0.1, 0.15) is 6.29 Å². The summed E-state index contributed by atoms with van der Waals surface area (Å²) < 4.78 is 1.86. The Bertz CT molecular complexity index is 323. The van der Waals surface area contributed by atoms with E-state index in [1.807, 2.05) is 17.0 Å². The lowest BCUT2D eigenvalue weighted by Crippen LogP contribution is -1.99. The van der Waals surface area contributed by atoms with E-state index in [1.54, 1.807) is 13.1 Å². The number of allylic oxidation sites excluding steroid dienone is 1. The van der Waals surface area contributed by atoms with Gasteiger partial charge in [0.25, 0.3) is 0 Å².